The van der Waals surface area contributed by atoms with E-state index in [1.54, 1.807) is 72.1 Å². The van der Waals surface area contributed by atoms with E-state index in [1.165, 1.54) is 0 Å². The van der Waals surface area contributed by atoms with Crippen molar-refractivity contribution in [2.24, 2.45) is 17.6 Å². The fourth-order valence-corrected chi connectivity index (χ4v) is 3.93. The summed E-state index contributed by atoms with van der Waals surface area (Å²) in [5.74, 6) is -0.430. The molecule has 14 heteroatoms. The van der Waals surface area contributed by atoms with Crippen LogP contribution in [0.25, 0.3) is 0 Å². The maximum atomic E-state index is 11.6. The molecule has 0 aliphatic heterocycles. The summed E-state index contributed by atoms with van der Waals surface area (Å²) in [5.41, 5.74) is 5.98. The minimum Gasteiger partial charge on any atom is -0.481 e. The van der Waals surface area contributed by atoms with Crippen LogP contribution in [0.5, 0.6) is 0 Å². The lowest BCUT2D eigenvalue weighted by atomic mass is 10.1. The molecule has 4 atom stereocenters. The Morgan fingerprint density at radius 2 is 1.17 bits per heavy atom. The fraction of sp³-hybridized carbons (Fsp3) is 0.500. The van der Waals surface area contributed by atoms with Crippen molar-refractivity contribution in [3.8, 4) is 0 Å². The first-order valence-corrected chi connectivity index (χ1v) is 13.0. The predicted octanol–water partition coefficient (Wildman–Crippen LogP) is 5.22. The van der Waals surface area contributed by atoms with E-state index >= 15 is 0 Å². The van der Waals surface area contributed by atoms with Crippen LogP contribution in [-0.2, 0) is 19.1 Å². The van der Waals surface area contributed by atoms with Gasteiger partial charge in [-0.15, -0.1) is 12.4 Å². The smallest absolute Gasteiger partial charge is 0.413 e. The van der Waals surface area contributed by atoms with Gasteiger partial charge in [-0.2, -0.15) is 0 Å². The van der Waals surface area contributed by atoms with Gasteiger partial charge >= 0.3 is 18.2 Å². The molecule has 0 radical (unpaired) electrons. The Labute approximate surface area is 251 Å². The largest absolute Gasteiger partial charge is 0.481 e. The lowest BCUT2D eigenvalue weighted by Crippen LogP contribution is -2.27. The van der Waals surface area contributed by atoms with E-state index in [0.717, 1.165) is 17.5 Å². The highest BCUT2D eigenvalue weighted by molar-refractivity contribution is 5.85. The van der Waals surface area contributed by atoms with Gasteiger partial charge in [0, 0.05) is 18.3 Å². The lowest BCUT2D eigenvalue weighted by molar-refractivity contribution is -0.138. The molecule has 13 nitrogen and oxygen atoms in total. The Morgan fingerprint density at radius 3 is 1.43 bits per heavy atom. The molecule has 2 aliphatic carbocycles. The number of carbonyl (C=O) groups excluding carboxylic acids is 3. The number of halogens is 1. The van der Waals surface area contributed by atoms with E-state index < -0.39 is 29.4 Å². The zero-order valence-corrected chi connectivity index (χ0v) is 25.5. The van der Waals surface area contributed by atoms with Crippen LogP contribution in [0.4, 0.5) is 21.2 Å². The number of aromatic nitrogens is 2. The van der Waals surface area contributed by atoms with Crippen molar-refractivity contribution in [2.75, 3.05) is 10.6 Å². The fourth-order valence-electron chi connectivity index (χ4n) is 3.93. The Morgan fingerprint density at radius 1 is 0.786 bits per heavy atom. The maximum absolute atomic E-state index is 11.6. The molecule has 232 valence electrons. The molecule has 0 aromatic carbocycles. The number of carbonyl (C=O) groups is 4. The second-order valence-corrected chi connectivity index (χ2v) is 11.8. The molecule has 0 unspecified atom stereocenters. The standard InChI is InChI=1S/C14H19N3O3.C14H18N2O4.ClH.H3N/c1-14(2,3)20-13(19)17-11-5-4-8(7-16-11)9-6-10(9)12(15)18;1-14(2,3)20-13(19)16-11-5-4-8(7-15-11)9-6-10(9)12(17)18;;/h4-5,7,9-10H,6H2,1-3H3,(H2,15,18)(H,16,17,19);4-5,7,9-10H,6H2,1-3H3,(H,17,18)(H,15,16,19);1H;1H3/t2*9-,10+;;/m11../s1. The Bertz CT molecular complexity index is 1150. The lowest BCUT2D eigenvalue weighted by Gasteiger charge is -2.19. The first kappa shape index (κ1) is 36.1. The van der Waals surface area contributed by atoms with Gasteiger partial charge in [0.2, 0.25) is 5.91 Å². The number of rotatable bonds is 6. The number of amides is 3. The highest BCUT2D eigenvalue weighted by Crippen LogP contribution is 2.47. The van der Waals surface area contributed by atoms with Crippen molar-refractivity contribution in [3.63, 3.8) is 0 Å². The van der Waals surface area contributed by atoms with Gasteiger partial charge in [0.25, 0.3) is 0 Å². The highest BCUT2D eigenvalue weighted by atomic mass is 35.5. The van der Waals surface area contributed by atoms with Crippen LogP contribution in [0.1, 0.15) is 77.3 Å². The number of nitrogens with one attached hydrogen (secondary N) is 2. The number of carboxylic acids is 1. The summed E-state index contributed by atoms with van der Waals surface area (Å²) in [4.78, 5) is 53.2. The monoisotopic (exact) mass is 608 g/mol. The molecule has 0 bridgehead atoms. The Kier molecular flexibility index (Phi) is 12.3. The van der Waals surface area contributed by atoms with Crippen LogP contribution in [0.2, 0.25) is 0 Å². The third-order valence-electron chi connectivity index (χ3n) is 5.95. The molecule has 4 rings (SSSR count). The highest BCUT2D eigenvalue weighted by Gasteiger charge is 2.44. The van der Waals surface area contributed by atoms with E-state index in [0.29, 0.717) is 18.1 Å². The van der Waals surface area contributed by atoms with Crippen LogP contribution in [0, 0.1) is 11.8 Å². The zero-order chi connectivity index (χ0) is 29.8. The Balaban J connectivity index is 0.000000401. The minimum absolute atomic E-state index is 0. The first-order valence-electron chi connectivity index (χ1n) is 13.0. The summed E-state index contributed by atoms with van der Waals surface area (Å²) < 4.78 is 10.2. The van der Waals surface area contributed by atoms with Gasteiger partial charge in [-0.3, -0.25) is 20.2 Å². The van der Waals surface area contributed by atoms with Crippen molar-refractivity contribution >= 4 is 48.1 Å². The number of carboxylic acid groups (broad SMARTS) is 1. The number of nitrogens with two attached hydrogens (primary N) is 1. The Hall–Kier alpha value is -3.97. The molecule has 2 heterocycles. The van der Waals surface area contributed by atoms with Gasteiger partial charge in [-0.1, -0.05) is 12.1 Å². The molecule has 2 aliphatic rings. The molecular formula is C28H41ClN6O7. The van der Waals surface area contributed by atoms with Crippen molar-refractivity contribution < 1.29 is 33.8 Å². The summed E-state index contributed by atoms with van der Waals surface area (Å²) in [5, 5.41) is 14.0. The molecule has 2 saturated carbocycles. The van der Waals surface area contributed by atoms with Gasteiger partial charge in [-0.05, 0) is 89.5 Å². The number of primary amides is 1. The summed E-state index contributed by atoms with van der Waals surface area (Å²) in [6.45, 7) is 10.7. The average Bonchev–Trinajstić information content (AvgIpc) is 3.71. The maximum Gasteiger partial charge on any atom is 0.413 e. The first-order chi connectivity index (χ1) is 18.5. The van der Waals surface area contributed by atoms with Gasteiger partial charge in [0.1, 0.15) is 22.8 Å². The van der Waals surface area contributed by atoms with E-state index in [4.69, 9.17) is 20.3 Å². The normalized spacial score (nSPS) is 20.1. The molecule has 3 amide bonds. The van der Waals surface area contributed by atoms with Crippen molar-refractivity contribution in [3.05, 3.63) is 47.8 Å². The van der Waals surface area contributed by atoms with Gasteiger partial charge in [0.05, 0.1) is 5.92 Å². The molecule has 0 saturated heterocycles. The van der Waals surface area contributed by atoms with Gasteiger partial charge < -0.3 is 26.5 Å². The molecule has 0 spiro atoms. The second kappa shape index (κ2) is 14.3. The number of aliphatic carboxylic acids is 1. The molecule has 8 N–H and O–H groups in total. The van der Waals surface area contributed by atoms with Crippen LogP contribution >= 0.6 is 12.4 Å². The molecule has 2 aromatic rings. The molecule has 2 fully saturated rings. The third kappa shape index (κ3) is 11.5. The number of ether oxygens (including phenoxy) is 2. The SMILES string of the molecule is CC(C)(C)OC(=O)Nc1ccc([C@H]2C[C@@H]2C(=O)O)cn1.CC(C)(C)OC(=O)Nc1ccc([C@H]2C[C@@H]2C(N)=O)cn1.Cl.N. The van der Waals surface area contributed by atoms with Crippen LogP contribution in [0.3, 0.4) is 0 Å². The van der Waals surface area contributed by atoms with Crippen molar-refractivity contribution in [1.82, 2.24) is 16.1 Å². The third-order valence-corrected chi connectivity index (χ3v) is 5.95. The van der Waals surface area contributed by atoms with E-state index in [2.05, 4.69) is 20.6 Å². The van der Waals surface area contributed by atoms with Gasteiger partial charge in [-0.25, -0.2) is 19.6 Å². The van der Waals surface area contributed by atoms with Crippen molar-refractivity contribution in [2.45, 2.75) is 77.4 Å². The van der Waals surface area contributed by atoms with E-state index in [1.807, 2.05) is 6.07 Å². The minimum atomic E-state index is -0.772. The molecule has 42 heavy (non-hydrogen) atoms. The summed E-state index contributed by atoms with van der Waals surface area (Å²) in [6.07, 6.45) is 3.57. The van der Waals surface area contributed by atoms with Crippen LogP contribution in [0.15, 0.2) is 36.7 Å². The topological polar surface area (TPSA) is 218 Å². The average molecular weight is 609 g/mol. The second-order valence-electron chi connectivity index (χ2n) is 11.8. The zero-order valence-electron chi connectivity index (χ0n) is 24.7. The quantitative estimate of drug-likeness (QED) is 0.288. The van der Waals surface area contributed by atoms with Gasteiger partial charge in [0.15, 0.2) is 0 Å². The number of nitrogens with zero attached hydrogens (tertiary/aromatic N) is 2. The number of anilines is 2. The molecular weight excluding hydrogens is 568 g/mol. The van der Waals surface area contributed by atoms with Crippen LogP contribution in [-0.4, -0.2) is 50.3 Å². The van der Waals surface area contributed by atoms with E-state index in [-0.39, 0.29) is 48.1 Å². The predicted molar refractivity (Wildman–Crippen MR) is 159 cm³/mol. The number of hydrogen-bond acceptors (Lipinski definition) is 9. The molecule has 2 aromatic heterocycles. The number of hydrogen-bond donors (Lipinski definition) is 5. The summed E-state index contributed by atoms with van der Waals surface area (Å²) in [6, 6.07) is 6.97. The summed E-state index contributed by atoms with van der Waals surface area (Å²) >= 11 is 0. The van der Waals surface area contributed by atoms with E-state index in [9.17, 15) is 19.2 Å². The van der Waals surface area contributed by atoms with Crippen molar-refractivity contribution in [1.29, 1.82) is 0 Å². The summed E-state index contributed by atoms with van der Waals surface area (Å²) in [7, 11) is 0. The number of pyridine rings is 2. The van der Waals surface area contributed by atoms with Crippen LogP contribution < -0.4 is 22.5 Å².